The lowest BCUT2D eigenvalue weighted by Gasteiger charge is -2.10. The zero-order valence-electron chi connectivity index (χ0n) is 10.3. The Hall–Kier alpha value is -0.570. The van der Waals surface area contributed by atoms with Gasteiger partial charge in [-0.15, -0.1) is 0 Å². The fraction of sp³-hybridized carbons (Fsp3) is 0.929. The van der Waals surface area contributed by atoms with E-state index in [0.29, 0.717) is 12.6 Å². The first-order valence-corrected chi connectivity index (χ1v) is 7.33. The van der Waals surface area contributed by atoms with Crippen LogP contribution in [0.1, 0.15) is 32.1 Å². The molecule has 2 N–H and O–H groups in total. The zero-order valence-corrected chi connectivity index (χ0v) is 10.3. The highest BCUT2D eigenvalue weighted by Gasteiger charge is 2.64. The van der Waals surface area contributed by atoms with Gasteiger partial charge in [-0.3, -0.25) is 4.79 Å². The van der Waals surface area contributed by atoms with Gasteiger partial charge in [0, 0.05) is 12.6 Å². The van der Waals surface area contributed by atoms with Crippen LogP contribution in [0.25, 0.3) is 0 Å². The van der Waals surface area contributed by atoms with Crippen molar-refractivity contribution in [2.45, 2.75) is 38.1 Å². The van der Waals surface area contributed by atoms with E-state index in [9.17, 15) is 4.79 Å². The van der Waals surface area contributed by atoms with Crippen LogP contribution in [0, 0.1) is 29.6 Å². The van der Waals surface area contributed by atoms with Gasteiger partial charge in [-0.05, 0) is 61.7 Å². The van der Waals surface area contributed by atoms with E-state index in [1.807, 2.05) is 0 Å². The van der Waals surface area contributed by atoms with Crippen LogP contribution >= 0.6 is 0 Å². The average Bonchev–Trinajstić information content (AvgIpc) is 3.23. The second kappa shape index (κ2) is 3.71. The minimum atomic E-state index is 0.203. The van der Waals surface area contributed by atoms with Crippen molar-refractivity contribution >= 4 is 5.91 Å². The fourth-order valence-corrected chi connectivity index (χ4v) is 4.45. The van der Waals surface area contributed by atoms with Crippen molar-refractivity contribution in [3.63, 3.8) is 0 Å². The third-order valence-electron chi connectivity index (χ3n) is 5.52. The highest BCUT2D eigenvalue weighted by Crippen LogP contribution is 2.65. The van der Waals surface area contributed by atoms with Crippen LogP contribution in [0.3, 0.4) is 0 Å². The van der Waals surface area contributed by atoms with Crippen molar-refractivity contribution in [2.75, 3.05) is 13.1 Å². The molecule has 0 aromatic heterocycles. The molecule has 0 aromatic carbocycles. The van der Waals surface area contributed by atoms with Crippen LogP contribution in [0.2, 0.25) is 0 Å². The Balaban J connectivity index is 1.20. The molecule has 0 radical (unpaired) electrons. The maximum Gasteiger partial charge on any atom is 0.233 e. The van der Waals surface area contributed by atoms with Gasteiger partial charge in [-0.1, -0.05) is 0 Å². The molecule has 0 heterocycles. The van der Waals surface area contributed by atoms with Crippen molar-refractivity contribution in [3.8, 4) is 0 Å². The topological polar surface area (TPSA) is 41.1 Å². The molecule has 4 saturated carbocycles. The van der Waals surface area contributed by atoms with Crippen LogP contribution in [0.4, 0.5) is 0 Å². The van der Waals surface area contributed by atoms with Gasteiger partial charge in [0.1, 0.15) is 0 Å². The van der Waals surface area contributed by atoms with Gasteiger partial charge in [0.2, 0.25) is 5.91 Å². The molecule has 3 heteroatoms. The second-order valence-electron chi connectivity index (χ2n) is 6.64. The second-order valence-corrected chi connectivity index (χ2v) is 6.64. The summed E-state index contributed by atoms with van der Waals surface area (Å²) < 4.78 is 0. The lowest BCUT2D eigenvalue weighted by Crippen LogP contribution is -2.37. The van der Waals surface area contributed by atoms with Crippen LogP contribution in [0.15, 0.2) is 0 Å². The highest BCUT2D eigenvalue weighted by atomic mass is 16.1. The summed E-state index contributed by atoms with van der Waals surface area (Å²) >= 11 is 0. The Labute approximate surface area is 103 Å². The van der Waals surface area contributed by atoms with Gasteiger partial charge < -0.3 is 10.6 Å². The standard InChI is InChI=1S/C14H22N2O/c17-11(15-6-8-1-2-8)7-16-14-12-9-3-4-10(5-9)13(12)14/h8-10,12-14,16H,1-7H2,(H,15,17). The van der Waals surface area contributed by atoms with E-state index in [1.165, 1.54) is 32.1 Å². The van der Waals surface area contributed by atoms with E-state index in [4.69, 9.17) is 0 Å². The molecule has 3 nitrogen and oxygen atoms in total. The van der Waals surface area contributed by atoms with Gasteiger partial charge in [-0.2, -0.15) is 0 Å². The molecular weight excluding hydrogens is 212 g/mol. The predicted molar refractivity (Wildman–Crippen MR) is 65.3 cm³/mol. The van der Waals surface area contributed by atoms with Gasteiger partial charge >= 0.3 is 0 Å². The number of rotatable bonds is 5. The first-order chi connectivity index (χ1) is 8.33. The number of amides is 1. The molecule has 4 fully saturated rings. The first kappa shape index (κ1) is 10.4. The average molecular weight is 234 g/mol. The maximum absolute atomic E-state index is 11.6. The molecule has 0 spiro atoms. The smallest absolute Gasteiger partial charge is 0.233 e. The van der Waals surface area contributed by atoms with E-state index in [1.54, 1.807) is 0 Å². The van der Waals surface area contributed by atoms with E-state index >= 15 is 0 Å². The summed E-state index contributed by atoms with van der Waals surface area (Å²) in [6.45, 7) is 1.45. The van der Waals surface area contributed by atoms with Crippen LogP contribution < -0.4 is 10.6 Å². The number of nitrogens with one attached hydrogen (secondary N) is 2. The minimum absolute atomic E-state index is 0.203. The van der Waals surface area contributed by atoms with E-state index in [-0.39, 0.29) is 5.91 Å². The third kappa shape index (κ3) is 1.79. The molecule has 0 aromatic rings. The number of carbonyl (C=O) groups excluding carboxylic acids is 1. The molecule has 4 atom stereocenters. The highest BCUT2D eigenvalue weighted by molar-refractivity contribution is 5.78. The molecule has 17 heavy (non-hydrogen) atoms. The van der Waals surface area contributed by atoms with Crippen molar-refractivity contribution in [1.29, 1.82) is 0 Å². The summed E-state index contributed by atoms with van der Waals surface area (Å²) in [5.41, 5.74) is 0. The van der Waals surface area contributed by atoms with Crippen LogP contribution in [-0.2, 0) is 4.79 Å². The minimum Gasteiger partial charge on any atom is -0.355 e. The van der Waals surface area contributed by atoms with Gasteiger partial charge in [0.05, 0.1) is 6.54 Å². The molecule has 0 saturated heterocycles. The zero-order chi connectivity index (χ0) is 11.4. The molecule has 4 rings (SSSR count). The number of carbonyl (C=O) groups is 1. The molecule has 4 aliphatic rings. The summed E-state index contributed by atoms with van der Waals surface area (Å²) in [6.07, 6.45) is 7.02. The quantitative estimate of drug-likeness (QED) is 0.749. The Kier molecular flexibility index (Phi) is 2.26. The Morgan fingerprint density at radius 2 is 1.76 bits per heavy atom. The van der Waals surface area contributed by atoms with Gasteiger partial charge in [-0.25, -0.2) is 0 Å². The molecule has 0 aliphatic heterocycles. The number of fused-ring (bicyclic) bond motifs is 5. The van der Waals surface area contributed by atoms with Crippen LogP contribution in [-0.4, -0.2) is 25.0 Å². The number of hydrogen-bond acceptors (Lipinski definition) is 2. The molecule has 4 aliphatic carbocycles. The molecular formula is C14H22N2O. The Morgan fingerprint density at radius 3 is 2.41 bits per heavy atom. The van der Waals surface area contributed by atoms with Crippen molar-refractivity contribution < 1.29 is 4.79 Å². The van der Waals surface area contributed by atoms with E-state index < -0.39 is 0 Å². The summed E-state index contributed by atoms with van der Waals surface area (Å²) in [5, 5.41) is 6.52. The van der Waals surface area contributed by atoms with Gasteiger partial charge in [0.25, 0.3) is 0 Å². The molecule has 94 valence electrons. The lowest BCUT2D eigenvalue weighted by atomic mass is 10.0. The fourth-order valence-electron chi connectivity index (χ4n) is 4.45. The molecule has 4 unspecified atom stereocenters. The largest absolute Gasteiger partial charge is 0.355 e. The molecule has 2 bridgehead atoms. The van der Waals surface area contributed by atoms with Crippen LogP contribution in [0.5, 0.6) is 0 Å². The number of hydrogen-bond donors (Lipinski definition) is 2. The Bertz CT molecular complexity index is 323. The third-order valence-corrected chi connectivity index (χ3v) is 5.52. The van der Waals surface area contributed by atoms with E-state index in [2.05, 4.69) is 10.6 Å². The summed E-state index contributed by atoms with van der Waals surface area (Å²) in [7, 11) is 0. The molecule has 1 amide bonds. The summed E-state index contributed by atoms with van der Waals surface area (Å²) in [5.74, 6) is 4.85. The monoisotopic (exact) mass is 234 g/mol. The lowest BCUT2D eigenvalue weighted by molar-refractivity contribution is -0.120. The van der Waals surface area contributed by atoms with Gasteiger partial charge in [0.15, 0.2) is 0 Å². The van der Waals surface area contributed by atoms with Crippen molar-refractivity contribution in [1.82, 2.24) is 10.6 Å². The summed E-state index contributed by atoms with van der Waals surface area (Å²) in [6, 6.07) is 0.688. The Morgan fingerprint density at radius 1 is 1.06 bits per heavy atom. The predicted octanol–water partition coefficient (Wildman–Crippen LogP) is 1.15. The van der Waals surface area contributed by atoms with E-state index in [0.717, 1.165) is 36.1 Å². The van der Waals surface area contributed by atoms with Crippen molar-refractivity contribution in [3.05, 3.63) is 0 Å². The van der Waals surface area contributed by atoms with Crippen molar-refractivity contribution in [2.24, 2.45) is 29.6 Å². The SMILES string of the molecule is O=C(CNC1C2C3CCC(C3)C12)NCC1CC1. The normalized spacial score (nSPS) is 45.8. The maximum atomic E-state index is 11.6. The first-order valence-electron chi connectivity index (χ1n) is 7.33. The summed E-state index contributed by atoms with van der Waals surface area (Å²) in [4.78, 5) is 11.6.